The molecule has 1 aliphatic carbocycles. The predicted octanol–water partition coefficient (Wildman–Crippen LogP) is 2.91. The van der Waals surface area contributed by atoms with E-state index in [0.717, 1.165) is 29.7 Å². The SMILES string of the molecule is O=S(=O)(Nc1ccccc1-c1cn2ccccc2n1)C1CC1. The molecule has 0 saturated heterocycles. The molecule has 0 bridgehead atoms. The van der Waals surface area contributed by atoms with Crippen molar-refractivity contribution >= 4 is 21.4 Å². The number of imidazole rings is 1. The van der Waals surface area contributed by atoms with E-state index >= 15 is 0 Å². The van der Waals surface area contributed by atoms with Gasteiger partial charge in [-0.1, -0.05) is 24.3 Å². The number of hydrogen-bond acceptors (Lipinski definition) is 3. The van der Waals surface area contributed by atoms with Crippen molar-refractivity contribution in [2.45, 2.75) is 18.1 Å². The van der Waals surface area contributed by atoms with Gasteiger partial charge in [-0.2, -0.15) is 0 Å². The summed E-state index contributed by atoms with van der Waals surface area (Å²) in [4.78, 5) is 4.56. The number of nitrogens with one attached hydrogen (secondary N) is 1. The molecule has 6 heteroatoms. The maximum Gasteiger partial charge on any atom is 0.235 e. The molecule has 112 valence electrons. The summed E-state index contributed by atoms with van der Waals surface area (Å²) < 4.78 is 29.0. The van der Waals surface area contributed by atoms with Crippen LogP contribution >= 0.6 is 0 Å². The second kappa shape index (κ2) is 4.84. The van der Waals surface area contributed by atoms with Crippen LogP contribution in [0, 0.1) is 0 Å². The second-order valence-electron chi connectivity index (χ2n) is 5.48. The molecule has 4 rings (SSSR count). The van der Waals surface area contributed by atoms with Crippen LogP contribution < -0.4 is 4.72 Å². The number of anilines is 1. The van der Waals surface area contributed by atoms with Crippen LogP contribution in [0.3, 0.4) is 0 Å². The Hall–Kier alpha value is -2.34. The summed E-state index contributed by atoms with van der Waals surface area (Å²) in [6, 6.07) is 13.1. The summed E-state index contributed by atoms with van der Waals surface area (Å²) in [5, 5.41) is -0.248. The largest absolute Gasteiger partial charge is 0.306 e. The Balaban J connectivity index is 1.78. The number of nitrogens with zero attached hydrogens (tertiary/aromatic N) is 2. The lowest BCUT2D eigenvalue weighted by Gasteiger charge is -2.10. The number of aromatic nitrogens is 2. The molecule has 5 nitrogen and oxygen atoms in total. The summed E-state index contributed by atoms with van der Waals surface area (Å²) >= 11 is 0. The van der Waals surface area contributed by atoms with E-state index in [4.69, 9.17) is 0 Å². The Kier molecular flexibility index (Phi) is 2.94. The molecular formula is C16H15N3O2S. The minimum absolute atomic E-state index is 0.248. The van der Waals surface area contributed by atoms with Gasteiger partial charge in [0.05, 0.1) is 16.6 Å². The Morgan fingerprint density at radius 3 is 2.64 bits per heavy atom. The predicted molar refractivity (Wildman–Crippen MR) is 86.2 cm³/mol. The van der Waals surface area contributed by atoms with Crippen molar-refractivity contribution in [2.24, 2.45) is 0 Å². The lowest BCUT2D eigenvalue weighted by Crippen LogP contribution is -2.17. The standard InChI is InChI=1S/C16H15N3O2S/c20-22(21,12-8-9-12)18-14-6-2-1-5-13(14)15-11-19-10-4-3-7-16(19)17-15/h1-7,10-12,18H,8-9H2. The molecule has 1 fully saturated rings. The van der Waals surface area contributed by atoms with E-state index in [9.17, 15) is 8.42 Å². The highest BCUT2D eigenvalue weighted by Crippen LogP contribution is 2.33. The van der Waals surface area contributed by atoms with Crippen molar-refractivity contribution in [3.05, 3.63) is 54.9 Å². The van der Waals surface area contributed by atoms with Gasteiger partial charge >= 0.3 is 0 Å². The number of pyridine rings is 1. The first-order valence-corrected chi connectivity index (χ1v) is 8.73. The molecule has 3 aromatic rings. The first-order valence-electron chi connectivity index (χ1n) is 7.18. The van der Waals surface area contributed by atoms with Gasteiger partial charge < -0.3 is 4.40 Å². The zero-order valence-electron chi connectivity index (χ0n) is 11.8. The van der Waals surface area contributed by atoms with Crippen LogP contribution in [-0.2, 0) is 10.0 Å². The molecule has 0 spiro atoms. The fourth-order valence-corrected chi connectivity index (χ4v) is 3.88. The minimum atomic E-state index is -3.29. The average molecular weight is 313 g/mol. The van der Waals surface area contributed by atoms with Gasteiger partial charge in [-0.25, -0.2) is 13.4 Å². The van der Waals surface area contributed by atoms with Gasteiger partial charge in [0.2, 0.25) is 10.0 Å². The van der Waals surface area contributed by atoms with Crippen molar-refractivity contribution in [3.63, 3.8) is 0 Å². The highest BCUT2D eigenvalue weighted by atomic mass is 32.2. The van der Waals surface area contributed by atoms with E-state index in [-0.39, 0.29) is 5.25 Å². The van der Waals surface area contributed by atoms with Crippen molar-refractivity contribution in [1.29, 1.82) is 0 Å². The van der Waals surface area contributed by atoms with E-state index < -0.39 is 10.0 Å². The van der Waals surface area contributed by atoms with E-state index in [1.165, 1.54) is 0 Å². The number of para-hydroxylation sites is 1. The summed E-state index contributed by atoms with van der Waals surface area (Å²) in [5.74, 6) is 0. The van der Waals surface area contributed by atoms with Gasteiger partial charge in [-0.05, 0) is 31.0 Å². The molecule has 1 saturated carbocycles. The van der Waals surface area contributed by atoms with Crippen LogP contribution in [-0.4, -0.2) is 23.1 Å². The third-order valence-electron chi connectivity index (χ3n) is 3.78. The smallest absolute Gasteiger partial charge is 0.235 e. The quantitative estimate of drug-likeness (QED) is 0.805. The average Bonchev–Trinajstić information content (AvgIpc) is 3.28. The lowest BCUT2D eigenvalue weighted by atomic mass is 10.1. The zero-order valence-corrected chi connectivity index (χ0v) is 12.6. The highest BCUT2D eigenvalue weighted by molar-refractivity contribution is 7.93. The van der Waals surface area contributed by atoms with Crippen molar-refractivity contribution in [1.82, 2.24) is 9.38 Å². The Bertz CT molecular complexity index is 910. The summed E-state index contributed by atoms with van der Waals surface area (Å²) in [5.41, 5.74) is 2.95. The molecule has 0 radical (unpaired) electrons. The van der Waals surface area contributed by atoms with E-state index in [1.54, 1.807) is 6.07 Å². The highest BCUT2D eigenvalue weighted by Gasteiger charge is 2.36. The normalized spacial score (nSPS) is 15.1. The van der Waals surface area contributed by atoms with Crippen molar-refractivity contribution in [3.8, 4) is 11.3 Å². The maximum atomic E-state index is 12.2. The fraction of sp³-hybridized carbons (Fsp3) is 0.188. The molecule has 0 aliphatic heterocycles. The topological polar surface area (TPSA) is 63.5 Å². The molecule has 0 unspecified atom stereocenters. The van der Waals surface area contributed by atoms with Crippen LogP contribution in [0.5, 0.6) is 0 Å². The number of sulfonamides is 1. The van der Waals surface area contributed by atoms with Gasteiger partial charge in [0.15, 0.2) is 0 Å². The Labute approximate surface area is 128 Å². The Morgan fingerprint density at radius 2 is 1.86 bits per heavy atom. The van der Waals surface area contributed by atoms with Crippen LogP contribution in [0.2, 0.25) is 0 Å². The molecule has 2 aromatic heterocycles. The number of fused-ring (bicyclic) bond motifs is 1. The fourth-order valence-electron chi connectivity index (χ4n) is 2.47. The summed E-state index contributed by atoms with van der Waals surface area (Å²) in [7, 11) is -3.29. The van der Waals surface area contributed by atoms with E-state index in [0.29, 0.717) is 5.69 Å². The van der Waals surface area contributed by atoms with Crippen LogP contribution in [0.4, 0.5) is 5.69 Å². The minimum Gasteiger partial charge on any atom is -0.306 e. The molecule has 1 aromatic carbocycles. The third-order valence-corrected chi connectivity index (χ3v) is 5.64. The van der Waals surface area contributed by atoms with E-state index in [2.05, 4.69) is 9.71 Å². The summed E-state index contributed by atoms with van der Waals surface area (Å²) in [6.07, 6.45) is 5.31. The summed E-state index contributed by atoms with van der Waals surface area (Å²) in [6.45, 7) is 0. The molecule has 22 heavy (non-hydrogen) atoms. The zero-order chi connectivity index (χ0) is 15.2. The lowest BCUT2D eigenvalue weighted by molar-refractivity contribution is 0.600. The van der Waals surface area contributed by atoms with Crippen LogP contribution in [0.15, 0.2) is 54.9 Å². The first kappa shape index (κ1) is 13.3. The molecule has 2 heterocycles. The van der Waals surface area contributed by atoms with Crippen molar-refractivity contribution in [2.75, 3.05) is 4.72 Å². The van der Waals surface area contributed by atoms with Crippen LogP contribution in [0.1, 0.15) is 12.8 Å². The molecule has 0 atom stereocenters. The maximum absolute atomic E-state index is 12.2. The molecule has 0 amide bonds. The van der Waals surface area contributed by atoms with Gasteiger partial charge in [-0.3, -0.25) is 4.72 Å². The van der Waals surface area contributed by atoms with Gasteiger partial charge in [0.25, 0.3) is 0 Å². The van der Waals surface area contributed by atoms with Gasteiger partial charge in [0.1, 0.15) is 5.65 Å². The van der Waals surface area contributed by atoms with Crippen LogP contribution in [0.25, 0.3) is 16.9 Å². The monoisotopic (exact) mass is 313 g/mol. The third kappa shape index (κ3) is 2.35. The van der Waals surface area contributed by atoms with Crippen molar-refractivity contribution < 1.29 is 8.42 Å². The number of benzene rings is 1. The second-order valence-corrected chi connectivity index (χ2v) is 7.45. The number of rotatable bonds is 4. The first-order chi connectivity index (χ1) is 10.6. The Morgan fingerprint density at radius 1 is 1.09 bits per heavy atom. The van der Waals surface area contributed by atoms with E-state index in [1.807, 2.05) is 53.2 Å². The molecule has 1 aliphatic rings. The molecule has 1 N–H and O–H groups in total. The number of hydrogen-bond donors (Lipinski definition) is 1. The van der Waals surface area contributed by atoms with Gasteiger partial charge in [-0.15, -0.1) is 0 Å². The van der Waals surface area contributed by atoms with Gasteiger partial charge in [0, 0.05) is 18.0 Å². The molecular weight excluding hydrogens is 298 g/mol.